The van der Waals surface area contributed by atoms with E-state index in [9.17, 15) is 5.11 Å². The van der Waals surface area contributed by atoms with Gasteiger partial charge in [-0.05, 0) is 53.9 Å². The number of anilines is 1. The monoisotopic (exact) mass is 405 g/mol. The molecule has 28 heavy (non-hydrogen) atoms. The lowest BCUT2D eigenvalue weighted by Crippen LogP contribution is -3.16. The Kier molecular flexibility index (Phi) is 6.03. The first-order valence-electron chi connectivity index (χ1n) is 10.7. The summed E-state index contributed by atoms with van der Waals surface area (Å²) < 4.78 is 5.91. The van der Waals surface area contributed by atoms with Gasteiger partial charge in [-0.15, -0.1) is 0 Å². The number of hydrogen-bond donors (Lipinski definition) is 2. The van der Waals surface area contributed by atoms with E-state index in [1.165, 1.54) is 29.0 Å². The van der Waals surface area contributed by atoms with Gasteiger partial charge in [-0.3, -0.25) is 0 Å². The first-order chi connectivity index (χ1) is 13.4. The normalized spacial score (nSPS) is 27.9. The van der Waals surface area contributed by atoms with Gasteiger partial charge in [-0.1, -0.05) is 37.6 Å². The van der Waals surface area contributed by atoms with Crippen molar-refractivity contribution < 1.29 is 14.7 Å². The summed E-state index contributed by atoms with van der Waals surface area (Å²) in [7, 11) is 0. The average Bonchev–Trinajstić information content (AvgIpc) is 2.68. The van der Waals surface area contributed by atoms with Crippen LogP contribution in [0.3, 0.4) is 0 Å². The van der Waals surface area contributed by atoms with Crippen LogP contribution in [0.15, 0.2) is 35.9 Å². The Labute approximate surface area is 174 Å². The van der Waals surface area contributed by atoms with Crippen molar-refractivity contribution >= 4 is 17.3 Å². The predicted octanol–water partition coefficient (Wildman–Crippen LogP) is 2.41. The largest absolute Gasteiger partial charge is 0.385 e. The van der Waals surface area contributed by atoms with Crippen molar-refractivity contribution in [2.45, 2.75) is 32.8 Å². The number of fused-ring (bicyclic) bond motifs is 1. The fourth-order valence-corrected chi connectivity index (χ4v) is 5.49. The van der Waals surface area contributed by atoms with Gasteiger partial charge in [0.25, 0.3) is 0 Å². The van der Waals surface area contributed by atoms with Crippen molar-refractivity contribution in [3.05, 3.63) is 40.9 Å². The highest BCUT2D eigenvalue weighted by Crippen LogP contribution is 2.59. The Morgan fingerprint density at radius 1 is 1.32 bits per heavy atom. The van der Waals surface area contributed by atoms with Crippen LogP contribution in [0.5, 0.6) is 0 Å². The fraction of sp³-hybridized carbons (Fsp3) is 0.652. The van der Waals surface area contributed by atoms with Crippen LogP contribution in [0, 0.1) is 17.3 Å². The van der Waals surface area contributed by atoms with E-state index in [2.05, 4.69) is 30.9 Å². The molecule has 2 bridgehead atoms. The summed E-state index contributed by atoms with van der Waals surface area (Å²) in [6, 6.07) is 8.06. The number of nitrogens with zero attached hydrogens (tertiary/aromatic N) is 1. The number of rotatable bonds is 7. The molecule has 0 radical (unpaired) electrons. The van der Waals surface area contributed by atoms with Crippen LogP contribution in [0.2, 0.25) is 5.02 Å². The van der Waals surface area contributed by atoms with E-state index >= 15 is 0 Å². The van der Waals surface area contributed by atoms with Crippen LogP contribution in [-0.2, 0) is 4.74 Å². The molecule has 1 aliphatic heterocycles. The predicted molar refractivity (Wildman–Crippen MR) is 114 cm³/mol. The Morgan fingerprint density at radius 3 is 2.79 bits per heavy atom. The molecule has 0 spiro atoms. The molecular weight excluding hydrogens is 372 g/mol. The second-order valence-corrected chi connectivity index (χ2v) is 9.85. The van der Waals surface area contributed by atoms with E-state index in [1.807, 2.05) is 18.2 Å². The molecule has 3 atom stereocenters. The summed E-state index contributed by atoms with van der Waals surface area (Å²) >= 11 is 6.11. The topological polar surface area (TPSA) is 37.1 Å². The molecule has 1 saturated heterocycles. The minimum atomic E-state index is -0.390. The van der Waals surface area contributed by atoms with Crippen molar-refractivity contribution in [3.63, 3.8) is 0 Å². The summed E-state index contributed by atoms with van der Waals surface area (Å²) in [6.07, 6.45) is 4.52. The number of allylic oxidation sites excluding steroid dienone is 1. The Morgan fingerprint density at radius 2 is 2.11 bits per heavy atom. The second kappa shape index (κ2) is 8.35. The van der Waals surface area contributed by atoms with Gasteiger partial charge >= 0.3 is 0 Å². The Bertz CT molecular complexity index is 712. The maximum Gasteiger partial charge on any atom is 0.126 e. The number of ether oxygens (including phenoxy) is 1. The minimum absolute atomic E-state index is 0.390. The number of halogens is 1. The van der Waals surface area contributed by atoms with Crippen LogP contribution in [-0.4, -0.2) is 57.1 Å². The Balaban J connectivity index is 1.16. The number of hydrogen-bond acceptors (Lipinski definition) is 3. The van der Waals surface area contributed by atoms with Gasteiger partial charge in [0.15, 0.2) is 0 Å². The molecule has 5 heteroatoms. The third-order valence-corrected chi connectivity index (χ3v) is 7.56. The third-order valence-electron chi connectivity index (χ3n) is 7.33. The number of piperazine rings is 1. The van der Waals surface area contributed by atoms with Gasteiger partial charge < -0.3 is 19.6 Å². The smallest absolute Gasteiger partial charge is 0.126 e. The van der Waals surface area contributed by atoms with Gasteiger partial charge in [-0.2, -0.15) is 0 Å². The van der Waals surface area contributed by atoms with E-state index in [-0.39, 0.29) is 6.10 Å². The quantitative estimate of drug-likeness (QED) is 0.684. The first-order valence-corrected chi connectivity index (χ1v) is 11.1. The molecule has 154 valence electrons. The van der Waals surface area contributed by atoms with Gasteiger partial charge in [0, 0.05) is 10.7 Å². The minimum Gasteiger partial charge on any atom is -0.385 e. The number of nitrogens with one attached hydrogen (secondary N) is 1. The molecule has 4 nitrogen and oxygen atoms in total. The molecule has 5 rings (SSSR count). The van der Waals surface area contributed by atoms with Gasteiger partial charge in [0.1, 0.15) is 12.6 Å². The summed E-state index contributed by atoms with van der Waals surface area (Å²) in [5.74, 6) is 1.55. The maximum atomic E-state index is 10.4. The molecule has 1 aromatic carbocycles. The fourth-order valence-electron chi connectivity index (χ4n) is 5.30. The number of benzene rings is 1. The summed E-state index contributed by atoms with van der Waals surface area (Å²) in [4.78, 5) is 3.83. The lowest BCUT2D eigenvalue weighted by molar-refractivity contribution is -0.903. The molecule has 1 aromatic rings. The second-order valence-electron chi connectivity index (χ2n) is 9.41. The molecule has 4 aliphatic rings. The Hall–Kier alpha value is -1.07. The van der Waals surface area contributed by atoms with Crippen LogP contribution in [0.25, 0.3) is 0 Å². The molecule has 2 fully saturated rings. The highest BCUT2D eigenvalue weighted by Gasteiger charge is 2.50. The van der Waals surface area contributed by atoms with E-state index in [4.69, 9.17) is 16.3 Å². The van der Waals surface area contributed by atoms with E-state index in [1.54, 1.807) is 0 Å². The summed E-state index contributed by atoms with van der Waals surface area (Å²) in [6.45, 7) is 10.7. The molecule has 0 amide bonds. The number of aliphatic hydroxyl groups excluding tert-OH is 1. The van der Waals surface area contributed by atoms with Gasteiger partial charge in [-0.25, -0.2) is 0 Å². The molecule has 1 saturated carbocycles. The van der Waals surface area contributed by atoms with Crippen molar-refractivity contribution in [2.75, 3.05) is 50.8 Å². The molecule has 3 aliphatic carbocycles. The average molecular weight is 406 g/mol. The summed E-state index contributed by atoms with van der Waals surface area (Å²) in [5.41, 5.74) is 3.10. The highest BCUT2D eigenvalue weighted by molar-refractivity contribution is 6.30. The lowest BCUT2D eigenvalue weighted by atomic mass is 9.49. The SMILES string of the molecule is CC1(C)[C@H]2CC=C(COC[C@@H](O)C[NH+]3CCN(c4cccc(Cl)c4)CC3)[C@@H]1C2. The van der Waals surface area contributed by atoms with Crippen LogP contribution in [0.1, 0.15) is 26.7 Å². The van der Waals surface area contributed by atoms with Crippen LogP contribution in [0.4, 0.5) is 5.69 Å². The first kappa shape index (κ1) is 20.2. The zero-order valence-electron chi connectivity index (χ0n) is 17.2. The lowest BCUT2D eigenvalue weighted by Gasteiger charge is -2.56. The van der Waals surface area contributed by atoms with Crippen LogP contribution < -0.4 is 9.80 Å². The maximum absolute atomic E-state index is 10.4. The molecule has 2 N–H and O–H groups in total. The molecule has 0 unspecified atom stereocenters. The molecule has 1 heterocycles. The van der Waals surface area contributed by atoms with Gasteiger partial charge in [0.05, 0.1) is 39.4 Å². The third kappa shape index (κ3) is 4.25. The van der Waals surface area contributed by atoms with Gasteiger partial charge in [0.2, 0.25) is 0 Å². The van der Waals surface area contributed by atoms with Crippen molar-refractivity contribution in [3.8, 4) is 0 Å². The van der Waals surface area contributed by atoms with E-state index in [0.29, 0.717) is 24.5 Å². The molecule has 0 aromatic heterocycles. The zero-order chi connectivity index (χ0) is 19.7. The number of aliphatic hydroxyl groups is 1. The highest BCUT2D eigenvalue weighted by atomic mass is 35.5. The summed E-state index contributed by atoms with van der Waals surface area (Å²) in [5, 5.41) is 11.2. The molecular formula is C23H34ClN2O2+. The number of quaternary nitrogens is 1. The van der Waals surface area contributed by atoms with Crippen molar-refractivity contribution in [1.29, 1.82) is 0 Å². The van der Waals surface area contributed by atoms with Crippen LogP contribution >= 0.6 is 11.6 Å². The standard InChI is InChI=1S/C23H33ClN2O2/c1-23(2)18-7-6-17(22(23)12-18)15-28-16-21(27)14-25-8-10-26(11-9-25)20-5-3-4-19(24)13-20/h3-6,13,18,21-22,27H,7-12,14-16H2,1-2H3/p+1/t18-,21-,22-/m0/s1. The van der Waals surface area contributed by atoms with E-state index < -0.39 is 0 Å². The zero-order valence-corrected chi connectivity index (χ0v) is 17.9. The van der Waals surface area contributed by atoms with Crippen molar-refractivity contribution in [2.24, 2.45) is 17.3 Å². The van der Waals surface area contributed by atoms with Crippen molar-refractivity contribution in [1.82, 2.24) is 0 Å². The van der Waals surface area contributed by atoms with E-state index in [0.717, 1.165) is 43.7 Å².